The fourth-order valence-corrected chi connectivity index (χ4v) is 4.36. The van der Waals surface area contributed by atoms with Crippen molar-refractivity contribution in [2.75, 3.05) is 45.2 Å². The maximum absolute atomic E-state index is 13.9. The molecule has 0 saturated heterocycles. The molecule has 3 rings (SSSR count). The number of aromatic nitrogens is 1. The highest BCUT2D eigenvalue weighted by molar-refractivity contribution is 5.87. The summed E-state index contributed by atoms with van der Waals surface area (Å²) >= 11 is 0. The lowest BCUT2D eigenvalue weighted by Gasteiger charge is -2.24. The molecule has 0 bridgehead atoms. The Kier molecular flexibility index (Phi) is 11.2. The summed E-state index contributed by atoms with van der Waals surface area (Å²) in [7, 11) is 1.61. The highest BCUT2D eigenvalue weighted by Crippen LogP contribution is 2.20. The number of halogens is 1. The van der Waals surface area contributed by atoms with Crippen LogP contribution < -0.4 is 10.6 Å². The Balaban J connectivity index is 1.48. The van der Waals surface area contributed by atoms with Gasteiger partial charge in [-0.1, -0.05) is 24.3 Å². The van der Waals surface area contributed by atoms with E-state index in [1.54, 1.807) is 7.11 Å². The molecule has 2 aromatic rings. The van der Waals surface area contributed by atoms with Gasteiger partial charge in [-0.25, -0.2) is 14.2 Å². The Morgan fingerprint density at radius 2 is 2.00 bits per heavy atom. The summed E-state index contributed by atoms with van der Waals surface area (Å²) in [5, 5.41) is 25.5. The molecule has 2 unspecified atom stereocenters. The van der Waals surface area contributed by atoms with Crippen molar-refractivity contribution in [2.24, 2.45) is 0 Å². The van der Waals surface area contributed by atoms with Gasteiger partial charge in [0.2, 0.25) is 0 Å². The number of carbonyl (C=O) groups excluding carboxylic acids is 1. The van der Waals surface area contributed by atoms with Crippen molar-refractivity contribution in [1.29, 1.82) is 0 Å². The average Bonchev–Trinajstić information content (AvgIpc) is 2.90. The van der Waals surface area contributed by atoms with Crippen LogP contribution >= 0.6 is 0 Å². The molecule has 1 aromatic heterocycles. The molecule has 0 saturated carbocycles. The van der Waals surface area contributed by atoms with Gasteiger partial charge in [-0.2, -0.15) is 0 Å². The molecule has 2 atom stereocenters. The predicted octanol–water partition coefficient (Wildman–Crippen LogP) is 2.54. The number of hydrogen-bond donors (Lipinski definition) is 4. The van der Waals surface area contributed by atoms with Gasteiger partial charge in [-0.15, -0.1) is 0 Å². The van der Waals surface area contributed by atoms with E-state index in [9.17, 15) is 24.2 Å². The van der Waals surface area contributed by atoms with Crippen LogP contribution in [0.1, 0.15) is 48.6 Å². The molecule has 1 aromatic carbocycles. The Bertz CT molecular complexity index is 1040. The van der Waals surface area contributed by atoms with Crippen LogP contribution in [0.25, 0.3) is 0 Å². The molecule has 1 aliphatic heterocycles. The standard InChI is InChI=1S/C27H37FN4O5/c1-37-18-17-32(15-5-4-8-20-12-11-19-7-6-14-29-25(19)30-20)16-13-23(27(35)36)31-26(34)24(33)21-9-2-3-10-22(21)28/h2-3,9-12,23-24,33H,4-8,13-18H2,1H3,(H,29,30)(H,31,34)(H,35,36). The molecule has 10 heteroatoms. The van der Waals surface area contributed by atoms with Gasteiger partial charge in [0.05, 0.1) is 6.61 Å². The zero-order valence-corrected chi connectivity index (χ0v) is 21.3. The number of rotatable bonds is 15. The summed E-state index contributed by atoms with van der Waals surface area (Å²) in [6.07, 6.45) is 3.21. The van der Waals surface area contributed by atoms with Crippen LogP contribution in [0.2, 0.25) is 0 Å². The second-order valence-corrected chi connectivity index (χ2v) is 9.24. The van der Waals surface area contributed by atoms with Crippen molar-refractivity contribution >= 4 is 17.7 Å². The minimum atomic E-state index is -1.79. The molecule has 0 fully saturated rings. The zero-order valence-electron chi connectivity index (χ0n) is 21.3. The van der Waals surface area contributed by atoms with E-state index in [-0.39, 0.29) is 12.0 Å². The van der Waals surface area contributed by atoms with E-state index in [0.29, 0.717) is 19.7 Å². The molecule has 1 aliphatic rings. The SMILES string of the molecule is COCCN(CCCCc1ccc2c(n1)NCCC2)CCC(NC(=O)C(O)c1ccccc1F)C(=O)O. The Morgan fingerprint density at radius 3 is 2.76 bits per heavy atom. The number of amides is 1. The van der Waals surface area contributed by atoms with Gasteiger partial charge in [-0.05, 0) is 62.8 Å². The molecule has 4 N–H and O–H groups in total. The number of nitrogens with zero attached hydrogens (tertiary/aromatic N) is 2. The third kappa shape index (κ3) is 8.77. The molecule has 202 valence electrons. The van der Waals surface area contributed by atoms with Crippen molar-refractivity contribution < 1.29 is 28.9 Å². The number of nitrogens with one attached hydrogen (secondary N) is 2. The molecular weight excluding hydrogens is 479 g/mol. The maximum Gasteiger partial charge on any atom is 0.326 e. The van der Waals surface area contributed by atoms with E-state index < -0.39 is 29.8 Å². The fourth-order valence-electron chi connectivity index (χ4n) is 4.36. The number of aryl methyl sites for hydroxylation is 2. The first-order valence-corrected chi connectivity index (χ1v) is 12.8. The third-order valence-electron chi connectivity index (χ3n) is 6.52. The number of benzene rings is 1. The van der Waals surface area contributed by atoms with E-state index in [1.165, 1.54) is 23.8 Å². The van der Waals surface area contributed by atoms with Gasteiger partial charge in [0.1, 0.15) is 17.7 Å². The first-order valence-electron chi connectivity index (χ1n) is 12.8. The van der Waals surface area contributed by atoms with Gasteiger partial charge < -0.3 is 30.5 Å². The summed E-state index contributed by atoms with van der Waals surface area (Å²) in [6.45, 7) is 3.23. The lowest BCUT2D eigenvalue weighted by Crippen LogP contribution is -2.45. The minimum Gasteiger partial charge on any atom is -0.480 e. The third-order valence-corrected chi connectivity index (χ3v) is 6.52. The number of methoxy groups -OCH3 is 1. The van der Waals surface area contributed by atoms with Crippen LogP contribution in [-0.2, 0) is 27.2 Å². The van der Waals surface area contributed by atoms with E-state index in [0.717, 1.165) is 62.8 Å². The summed E-state index contributed by atoms with van der Waals surface area (Å²) in [6, 6.07) is 8.38. The number of carboxylic acid groups (broad SMARTS) is 1. The number of aliphatic hydroxyl groups excluding tert-OH is 1. The van der Waals surface area contributed by atoms with Gasteiger partial charge >= 0.3 is 5.97 Å². The molecule has 1 amide bonds. The van der Waals surface area contributed by atoms with Gasteiger partial charge in [0.25, 0.3) is 5.91 Å². The van der Waals surface area contributed by atoms with Gasteiger partial charge in [-0.3, -0.25) is 4.79 Å². The minimum absolute atomic E-state index is 0.132. The number of ether oxygens (including phenoxy) is 1. The number of hydrogen-bond acceptors (Lipinski definition) is 7. The number of unbranched alkanes of at least 4 members (excludes halogenated alkanes) is 1. The summed E-state index contributed by atoms with van der Waals surface area (Å²) in [5.74, 6) is -1.90. The number of carboxylic acids is 1. The number of carbonyl (C=O) groups is 2. The van der Waals surface area contributed by atoms with Crippen LogP contribution in [0.15, 0.2) is 36.4 Å². The second kappa shape index (κ2) is 14.6. The summed E-state index contributed by atoms with van der Waals surface area (Å²) < 4.78 is 19.1. The zero-order chi connectivity index (χ0) is 26.6. The highest BCUT2D eigenvalue weighted by atomic mass is 19.1. The largest absolute Gasteiger partial charge is 0.480 e. The molecule has 2 heterocycles. The van der Waals surface area contributed by atoms with E-state index in [4.69, 9.17) is 9.72 Å². The van der Waals surface area contributed by atoms with Crippen molar-refractivity contribution in [2.45, 2.75) is 50.7 Å². The molecular formula is C27H37FN4O5. The Labute approximate surface area is 217 Å². The Hall–Kier alpha value is -3.08. The maximum atomic E-state index is 13.9. The molecule has 37 heavy (non-hydrogen) atoms. The number of aliphatic hydroxyl groups is 1. The van der Waals surface area contributed by atoms with Crippen molar-refractivity contribution in [3.8, 4) is 0 Å². The van der Waals surface area contributed by atoms with Gasteiger partial charge in [0, 0.05) is 38.0 Å². The first-order chi connectivity index (χ1) is 17.9. The highest BCUT2D eigenvalue weighted by Gasteiger charge is 2.27. The lowest BCUT2D eigenvalue weighted by molar-refractivity contribution is -0.143. The topological polar surface area (TPSA) is 124 Å². The smallest absolute Gasteiger partial charge is 0.326 e. The lowest BCUT2D eigenvalue weighted by atomic mass is 10.1. The van der Waals surface area contributed by atoms with Crippen LogP contribution in [0.4, 0.5) is 10.2 Å². The normalized spacial score (nSPS) is 14.5. The molecule has 9 nitrogen and oxygen atoms in total. The van der Waals surface area contributed by atoms with Crippen molar-refractivity contribution in [3.05, 3.63) is 59.0 Å². The number of pyridine rings is 1. The number of fused-ring (bicyclic) bond motifs is 1. The molecule has 0 aliphatic carbocycles. The van der Waals surface area contributed by atoms with Crippen LogP contribution in [0.5, 0.6) is 0 Å². The summed E-state index contributed by atoms with van der Waals surface area (Å²) in [4.78, 5) is 31.0. The predicted molar refractivity (Wildman–Crippen MR) is 138 cm³/mol. The van der Waals surface area contributed by atoms with Crippen LogP contribution in [-0.4, -0.2) is 77.9 Å². The number of anilines is 1. The quantitative estimate of drug-likeness (QED) is 0.266. The molecule has 0 spiro atoms. The fraction of sp³-hybridized carbons (Fsp3) is 0.519. The second-order valence-electron chi connectivity index (χ2n) is 9.24. The van der Waals surface area contributed by atoms with Crippen molar-refractivity contribution in [3.63, 3.8) is 0 Å². The van der Waals surface area contributed by atoms with Gasteiger partial charge in [0.15, 0.2) is 6.10 Å². The first kappa shape index (κ1) is 28.5. The number of aliphatic carboxylic acids is 1. The average molecular weight is 517 g/mol. The van der Waals surface area contributed by atoms with E-state index in [2.05, 4.69) is 27.7 Å². The summed E-state index contributed by atoms with van der Waals surface area (Å²) in [5.41, 5.74) is 2.12. The van der Waals surface area contributed by atoms with Crippen molar-refractivity contribution in [1.82, 2.24) is 15.2 Å². The van der Waals surface area contributed by atoms with Crippen LogP contribution in [0.3, 0.4) is 0 Å². The van der Waals surface area contributed by atoms with E-state index in [1.807, 2.05) is 0 Å². The molecule has 0 radical (unpaired) electrons. The van der Waals surface area contributed by atoms with E-state index >= 15 is 0 Å². The Morgan fingerprint density at radius 1 is 1.19 bits per heavy atom. The van der Waals surface area contributed by atoms with Crippen LogP contribution in [0, 0.1) is 5.82 Å². The monoisotopic (exact) mass is 516 g/mol.